The standard InChI is InChI=1S/C13H23N3O2/c1-13(2,3)10(7-8-17)15-12-9(14)5-6-11(16-12)18-4/h5-6,10,17H,7-8,14H2,1-4H3,(H,15,16). The summed E-state index contributed by atoms with van der Waals surface area (Å²) in [5.74, 6) is 1.12. The number of aliphatic hydroxyl groups is 1. The number of hydrogen-bond acceptors (Lipinski definition) is 5. The lowest BCUT2D eigenvalue weighted by Gasteiger charge is -2.32. The molecule has 0 saturated heterocycles. The van der Waals surface area contributed by atoms with Gasteiger partial charge in [-0.05, 0) is 17.9 Å². The van der Waals surface area contributed by atoms with Crippen molar-refractivity contribution in [3.63, 3.8) is 0 Å². The zero-order valence-corrected chi connectivity index (χ0v) is 11.5. The second-order valence-electron chi connectivity index (χ2n) is 5.37. The average Bonchev–Trinajstić information content (AvgIpc) is 2.30. The Morgan fingerprint density at radius 1 is 1.44 bits per heavy atom. The predicted molar refractivity (Wildman–Crippen MR) is 73.8 cm³/mol. The Kier molecular flexibility index (Phi) is 4.78. The number of anilines is 2. The van der Waals surface area contributed by atoms with Crippen LogP contribution < -0.4 is 15.8 Å². The minimum Gasteiger partial charge on any atom is -0.481 e. The van der Waals surface area contributed by atoms with Gasteiger partial charge in [0.2, 0.25) is 5.88 Å². The topological polar surface area (TPSA) is 80.4 Å². The molecule has 102 valence electrons. The van der Waals surface area contributed by atoms with Gasteiger partial charge in [-0.25, -0.2) is 0 Å². The van der Waals surface area contributed by atoms with E-state index in [4.69, 9.17) is 15.6 Å². The second kappa shape index (κ2) is 5.91. The molecule has 0 amide bonds. The van der Waals surface area contributed by atoms with Crippen LogP contribution in [0.1, 0.15) is 27.2 Å². The summed E-state index contributed by atoms with van der Waals surface area (Å²) in [6, 6.07) is 3.57. The third kappa shape index (κ3) is 3.77. The molecule has 1 rings (SSSR count). The fourth-order valence-corrected chi connectivity index (χ4v) is 1.70. The highest BCUT2D eigenvalue weighted by molar-refractivity contribution is 5.62. The Morgan fingerprint density at radius 2 is 2.11 bits per heavy atom. The first-order chi connectivity index (χ1) is 8.38. The molecule has 0 aliphatic carbocycles. The fourth-order valence-electron chi connectivity index (χ4n) is 1.70. The van der Waals surface area contributed by atoms with Gasteiger partial charge in [0.1, 0.15) is 0 Å². The molecule has 5 nitrogen and oxygen atoms in total. The number of aliphatic hydroxyl groups excluding tert-OH is 1. The van der Waals surface area contributed by atoms with Crippen molar-refractivity contribution in [3.8, 4) is 5.88 Å². The van der Waals surface area contributed by atoms with Crippen LogP contribution in [-0.4, -0.2) is 29.8 Å². The highest BCUT2D eigenvalue weighted by Crippen LogP contribution is 2.28. The molecule has 1 heterocycles. The Labute approximate surface area is 108 Å². The highest BCUT2D eigenvalue weighted by Gasteiger charge is 2.25. The van der Waals surface area contributed by atoms with Crippen LogP contribution in [0.25, 0.3) is 0 Å². The first kappa shape index (κ1) is 14.6. The smallest absolute Gasteiger partial charge is 0.215 e. The van der Waals surface area contributed by atoms with Gasteiger partial charge in [-0.15, -0.1) is 0 Å². The molecule has 1 unspecified atom stereocenters. The molecule has 0 bridgehead atoms. The van der Waals surface area contributed by atoms with Crippen molar-refractivity contribution in [1.82, 2.24) is 4.98 Å². The monoisotopic (exact) mass is 253 g/mol. The van der Waals surface area contributed by atoms with Gasteiger partial charge in [-0.1, -0.05) is 20.8 Å². The van der Waals surface area contributed by atoms with E-state index in [9.17, 15) is 0 Å². The van der Waals surface area contributed by atoms with Gasteiger partial charge in [0.15, 0.2) is 5.82 Å². The summed E-state index contributed by atoms with van der Waals surface area (Å²) in [5, 5.41) is 12.4. The van der Waals surface area contributed by atoms with E-state index < -0.39 is 0 Å². The Morgan fingerprint density at radius 3 is 2.61 bits per heavy atom. The summed E-state index contributed by atoms with van der Waals surface area (Å²) >= 11 is 0. The summed E-state index contributed by atoms with van der Waals surface area (Å²) in [6.07, 6.45) is 0.641. The SMILES string of the molecule is COc1ccc(N)c(NC(CCO)C(C)(C)C)n1. The molecule has 1 atom stereocenters. The lowest BCUT2D eigenvalue weighted by molar-refractivity contribution is 0.235. The van der Waals surface area contributed by atoms with Gasteiger partial charge in [-0.2, -0.15) is 4.98 Å². The van der Waals surface area contributed by atoms with Crippen molar-refractivity contribution < 1.29 is 9.84 Å². The van der Waals surface area contributed by atoms with Crippen molar-refractivity contribution in [1.29, 1.82) is 0 Å². The van der Waals surface area contributed by atoms with Crippen LogP contribution in [0.3, 0.4) is 0 Å². The van der Waals surface area contributed by atoms with Crippen molar-refractivity contribution >= 4 is 11.5 Å². The van der Waals surface area contributed by atoms with Gasteiger partial charge in [-0.3, -0.25) is 0 Å². The van der Waals surface area contributed by atoms with Gasteiger partial charge in [0, 0.05) is 18.7 Å². The van der Waals surface area contributed by atoms with Crippen molar-refractivity contribution in [2.45, 2.75) is 33.2 Å². The highest BCUT2D eigenvalue weighted by atomic mass is 16.5. The van der Waals surface area contributed by atoms with Gasteiger partial charge >= 0.3 is 0 Å². The molecule has 0 radical (unpaired) electrons. The average molecular weight is 253 g/mol. The van der Waals surface area contributed by atoms with Gasteiger partial charge in [0.25, 0.3) is 0 Å². The molecule has 0 aliphatic rings. The lowest BCUT2D eigenvalue weighted by atomic mass is 9.85. The van der Waals surface area contributed by atoms with Crippen molar-refractivity contribution in [2.24, 2.45) is 5.41 Å². The van der Waals surface area contributed by atoms with E-state index in [1.807, 2.05) is 0 Å². The van der Waals surface area contributed by atoms with Crippen LogP contribution in [0, 0.1) is 5.41 Å². The van der Waals surface area contributed by atoms with Crippen molar-refractivity contribution in [3.05, 3.63) is 12.1 Å². The summed E-state index contributed by atoms with van der Waals surface area (Å²) in [4.78, 5) is 4.29. The molecule has 0 spiro atoms. The summed E-state index contributed by atoms with van der Waals surface area (Å²) in [6.45, 7) is 6.45. The van der Waals surface area contributed by atoms with E-state index in [-0.39, 0.29) is 18.1 Å². The number of nitrogens with one attached hydrogen (secondary N) is 1. The normalized spacial score (nSPS) is 13.2. The van der Waals surface area contributed by atoms with E-state index in [1.165, 1.54) is 0 Å². The maximum Gasteiger partial charge on any atom is 0.215 e. The number of pyridine rings is 1. The van der Waals surface area contributed by atoms with Crippen LogP contribution in [0.4, 0.5) is 11.5 Å². The summed E-state index contributed by atoms with van der Waals surface area (Å²) < 4.78 is 5.08. The van der Waals surface area contributed by atoms with E-state index in [2.05, 4.69) is 31.1 Å². The molecule has 18 heavy (non-hydrogen) atoms. The summed E-state index contributed by atoms with van der Waals surface area (Å²) in [5.41, 5.74) is 6.46. The Bertz CT molecular complexity index is 388. The molecule has 0 aliphatic heterocycles. The summed E-state index contributed by atoms with van der Waals surface area (Å²) in [7, 11) is 1.57. The van der Waals surface area contributed by atoms with E-state index in [0.29, 0.717) is 23.8 Å². The largest absolute Gasteiger partial charge is 0.481 e. The maximum absolute atomic E-state index is 9.13. The quantitative estimate of drug-likeness (QED) is 0.746. The minimum absolute atomic E-state index is 0.0000729. The number of rotatable bonds is 5. The Balaban J connectivity index is 2.92. The molecule has 0 saturated carbocycles. The number of nitrogen functional groups attached to an aromatic ring is 1. The van der Waals surface area contributed by atoms with Crippen LogP contribution >= 0.6 is 0 Å². The molecule has 4 N–H and O–H groups in total. The third-order valence-corrected chi connectivity index (χ3v) is 2.88. The van der Waals surface area contributed by atoms with Crippen molar-refractivity contribution in [2.75, 3.05) is 24.8 Å². The number of nitrogens with zero attached hydrogens (tertiary/aromatic N) is 1. The minimum atomic E-state index is -0.0000729. The zero-order valence-electron chi connectivity index (χ0n) is 11.5. The molecule has 0 aromatic carbocycles. The third-order valence-electron chi connectivity index (χ3n) is 2.88. The van der Waals surface area contributed by atoms with Gasteiger partial charge < -0.3 is 20.9 Å². The van der Waals surface area contributed by atoms with Crippen LogP contribution in [0.2, 0.25) is 0 Å². The number of aromatic nitrogens is 1. The number of ether oxygens (including phenoxy) is 1. The molecule has 1 aromatic heterocycles. The molecular weight excluding hydrogens is 230 g/mol. The first-order valence-electron chi connectivity index (χ1n) is 6.06. The number of hydrogen-bond donors (Lipinski definition) is 3. The van der Waals surface area contributed by atoms with Crippen LogP contribution in [0.5, 0.6) is 5.88 Å². The molecule has 5 heteroatoms. The maximum atomic E-state index is 9.13. The lowest BCUT2D eigenvalue weighted by Crippen LogP contribution is -2.35. The number of nitrogens with two attached hydrogens (primary N) is 1. The molecular formula is C13H23N3O2. The van der Waals surface area contributed by atoms with Gasteiger partial charge in [0.05, 0.1) is 12.8 Å². The van der Waals surface area contributed by atoms with Crippen LogP contribution in [-0.2, 0) is 0 Å². The molecule has 1 aromatic rings. The Hall–Kier alpha value is -1.49. The predicted octanol–water partition coefficient (Wildman–Crippen LogP) is 1.88. The number of methoxy groups -OCH3 is 1. The van der Waals surface area contributed by atoms with Crippen LogP contribution in [0.15, 0.2) is 12.1 Å². The first-order valence-corrected chi connectivity index (χ1v) is 6.06. The van der Waals surface area contributed by atoms with E-state index >= 15 is 0 Å². The second-order valence-corrected chi connectivity index (χ2v) is 5.37. The van der Waals surface area contributed by atoms with E-state index in [0.717, 1.165) is 0 Å². The van der Waals surface area contributed by atoms with E-state index in [1.54, 1.807) is 19.2 Å². The zero-order chi connectivity index (χ0) is 13.8. The fraction of sp³-hybridized carbons (Fsp3) is 0.615. The molecule has 0 fully saturated rings.